The number of rotatable bonds is 16. The van der Waals surface area contributed by atoms with Crippen LogP contribution in [0.3, 0.4) is 0 Å². The Morgan fingerprint density at radius 2 is 1.09 bits per heavy atom. The number of aliphatic carboxylic acids is 2. The van der Waals surface area contributed by atoms with Crippen molar-refractivity contribution in [3.8, 4) is 23.0 Å². The summed E-state index contributed by atoms with van der Waals surface area (Å²) in [5, 5.41) is 18.5. The first-order chi connectivity index (χ1) is 22.1. The van der Waals surface area contributed by atoms with Gasteiger partial charge >= 0.3 is 11.9 Å². The minimum absolute atomic E-state index is 0.0881. The second-order valence-corrected chi connectivity index (χ2v) is 14.1. The number of fused-ring (bicyclic) bond motifs is 2. The van der Waals surface area contributed by atoms with Gasteiger partial charge in [-0.2, -0.15) is 0 Å². The SMILES string of the molecule is COc1cc2sc(C(=O)C[C@H](C)C(=O)O)cc2c(F)c1OCC(C)(C)COc1c(OC)cc2sc(C(=O)C[C@H](C)C(=O)O)cc2c1F. The number of ketones is 2. The molecule has 0 radical (unpaired) electrons. The van der Waals surface area contributed by atoms with E-state index in [4.69, 9.17) is 29.2 Å². The molecule has 0 bridgehead atoms. The Labute approximate surface area is 276 Å². The van der Waals surface area contributed by atoms with Crippen LogP contribution in [0.2, 0.25) is 0 Å². The Bertz CT molecular complexity index is 1730. The van der Waals surface area contributed by atoms with Crippen LogP contribution in [-0.4, -0.2) is 61.2 Å². The number of carbonyl (C=O) groups is 4. The lowest BCUT2D eigenvalue weighted by molar-refractivity contribution is -0.141. The molecule has 10 nitrogen and oxygen atoms in total. The van der Waals surface area contributed by atoms with Gasteiger partial charge in [0.25, 0.3) is 0 Å². The van der Waals surface area contributed by atoms with Crippen molar-refractivity contribution in [1.29, 1.82) is 0 Å². The number of halogens is 2. The molecule has 0 aliphatic carbocycles. The van der Waals surface area contributed by atoms with Crippen LogP contribution in [0.1, 0.15) is 59.9 Å². The molecule has 0 amide bonds. The third-order valence-electron chi connectivity index (χ3n) is 7.40. The van der Waals surface area contributed by atoms with Crippen LogP contribution in [-0.2, 0) is 9.59 Å². The van der Waals surface area contributed by atoms with E-state index in [-0.39, 0.29) is 69.6 Å². The third kappa shape index (κ3) is 7.82. The van der Waals surface area contributed by atoms with E-state index in [1.54, 1.807) is 13.8 Å². The summed E-state index contributed by atoms with van der Waals surface area (Å²) in [6.07, 6.45) is -0.455. The highest BCUT2D eigenvalue weighted by Gasteiger charge is 2.28. The van der Waals surface area contributed by atoms with E-state index in [1.165, 1.54) is 52.3 Å². The van der Waals surface area contributed by atoms with E-state index in [0.717, 1.165) is 22.7 Å². The summed E-state index contributed by atoms with van der Waals surface area (Å²) in [6.45, 7) is 6.17. The Balaban J connectivity index is 1.52. The summed E-state index contributed by atoms with van der Waals surface area (Å²) in [5.41, 5.74) is -0.815. The van der Waals surface area contributed by atoms with E-state index in [0.29, 0.717) is 9.40 Å². The standard InChI is InChI=1S/C33H34F2O10S2/c1-15(31(38)39)7-19(36)25-9-17-23(46-25)11-21(42-5)29(27(17)34)44-13-33(3,4)14-45-30-22(43-6)12-24-18(28(30)35)10-26(47-24)20(37)8-16(2)32(40)41/h9-12,15-16H,7-8,13-14H2,1-6H3,(H,38,39)(H,40,41)/t15-,16-/m0/s1. The number of Topliss-reactive ketones (excluding diaryl/α,β-unsaturated/α-hetero) is 2. The second-order valence-electron chi connectivity index (χ2n) is 12.0. The van der Waals surface area contributed by atoms with Crippen LogP contribution < -0.4 is 18.9 Å². The summed E-state index contributed by atoms with van der Waals surface area (Å²) < 4.78 is 54.8. The van der Waals surface area contributed by atoms with Gasteiger partial charge in [0, 0.05) is 50.6 Å². The highest BCUT2D eigenvalue weighted by molar-refractivity contribution is 7.21. The van der Waals surface area contributed by atoms with Crippen LogP contribution in [0.25, 0.3) is 20.2 Å². The highest BCUT2D eigenvalue weighted by atomic mass is 32.1. The van der Waals surface area contributed by atoms with E-state index in [9.17, 15) is 19.2 Å². The molecule has 2 heterocycles. The quantitative estimate of drug-likeness (QED) is 0.113. The molecule has 2 aromatic carbocycles. The predicted octanol–water partition coefficient (Wildman–Crippen LogP) is 7.48. The number of benzene rings is 2. The maximum atomic E-state index is 15.7. The van der Waals surface area contributed by atoms with Crippen molar-refractivity contribution < 1.29 is 57.1 Å². The van der Waals surface area contributed by atoms with Crippen LogP contribution in [0.4, 0.5) is 8.78 Å². The van der Waals surface area contributed by atoms with Gasteiger partial charge < -0.3 is 29.2 Å². The van der Waals surface area contributed by atoms with Crippen molar-refractivity contribution in [1.82, 2.24) is 0 Å². The number of ether oxygens (including phenoxy) is 4. The van der Waals surface area contributed by atoms with Gasteiger partial charge in [-0.25, -0.2) is 8.78 Å². The molecule has 0 spiro atoms. The zero-order valence-corrected chi connectivity index (χ0v) is 28.2. The van der Waals surface area contributed by atoms with Gasteiger partial charge in [0.1, 0.15) is 0 Å². The van der Waals surface area contributed by atoms with Gasteiger partial charge in [0.15, 0.2) is 46.2 Å². The summed E-state index contributed by atoms with van der Waals surface area (Å²) in [6, 6.07) is 5.82. The van der Waals surface area contributed by atoms with Crippen molar-refractivity contribution in [2.45, 2.75) is 40.5 Å². The fourth-order valence-corrected chi connectivity index (χ4v) is 6.62. The molecular weight excluding hydrogens is 658 g/mol. The first-order valence-electron chi connectivity index (χ1n) is 14.4. The van der Waals surface area contributed by atoms with E-state index in [1.807, 2.05) is 0 Å². The fourth-order valence-electron chi connectivity index (χ4n) is 4.55. The molecule has 14 heteroatoms. The molecular formula is C33H34F2O10S2. The number of hydrogen-bond acceptors (Lipinski definition) is 10. The fraction of sp³-hybridized carbons (Fsp3) is 0.394. The average Bonchev–Trinajstić information content (AvgIpc) is 3.65. The number of thiophene rings is 2. The molecule has 2 atom stereocenters. The largest absolute Gasteiger partial charge is 0.493 e. The smallest absolute Gasteiger partial charge is 0.306 e. The Kier molecular flexibility index (Phi) is 10.8. The summed E-state index contributed by atoms with van der Waals surface area (Å²) in [7, 11) is 2.69. The Morgan fingerprint density at radius 1 is 0.723 bits per heavy atom. The lowest BCUT2D eigenvalue weighted by Gasteiger charge is -2.26. The number of carboxylic acids is 2. The number of hydrogen-bond donors (Lipinski definition) is 2. The molecule has 4 aromatic rings. The lowest BCUT2D eigenvalue weighted by atomic mass is 9.96. The molecule has 0 saturated heterocycles. The zero-order chi connectivity index (χ0) is 34.8. The average molecular weight is 693 g/mol. The minimum atomic E-state index is -1.10. The van der Waals surface area contributed by atoms with Crippen LogP contribution in [0.15, 0.2) is 24.3 Å². The van der Waals surface area contributed by atoms with Gasteiger partial charge in [-0.05, 0) is 12.1 Å². The van der Waals surface area contributed by atoms with Crippen LogP contribution in [0, 0.1) is 28.9 Å². The Hall–Kier alpha value is -4.30. The molecule has 0 aliphatic heterocycles. The van der Waals surface area contributed by atoms with Crippen LogP contribution in [0.5, 0.6) is 23.0 Å². The number of carbonyl (C=O) groups excluding carboxylic acids is 2. The monoisotopic (exact) mass is 692 g/mol. The molecule has 0 fully saturated rings. The zero-order valence-electron chi connectivity index (χ0n) is 26.5. The molecule has 0 saturated carbocycles. The summed E-state index contributed by atoms with van der Waals surface area (Å²) in [4.78, 5) is 48.0. The van der Waals surface area contributed by atoms with Gasteiger partial charge in [-0.1, -0.05) is 27.7 Å². The first kappa shape index (κ1) is 35.6. The second kappa shape index (κ2) is 14.2. The molecule has 4 rings (SSSR count). The third-order valence-corrected chi connectivity index (χ3v) is 9.64. The predicted molar refractivity (Wildman–Crippen MR) is 173 cm³/mol. The van der Waals surface area contributed by atoms with Crippen molar-refractivity contribution in [3.05, 3.63) is 45.7 Å². The lowest BCUT2D eigenvalue weighted by Crippen LogP contribution is -2.29. The van der Waals surface area contributed by atoms with E-state index < -0.39 is 52.4 Å². The molecule has 252 valence electrons. The van der Waals surface area contributed by atoms with Gasteiger partial charge in [0.2, 0.25) is 0 Å². The normalized spacial score (nSPS) is 12.9. The van der Waals surface area contributed by atoms with E-state index >= 15 is 8.78 Å². The van der Waals surface area contributed by atoms with Crippen molar-refractivity contribution in [3.63, 3.8) is 0 Å². The summed E-state index contributed by atoms with van der Waals surface area (Å²) in [5.74, 6) is -6.54. The van der Waals surface area contributed by atoms with Crippen molar-refractivity contribution in [2.75, 3.05) is 27.4 Å². The number of methoxy groups -OCH3 is 2. The van der Waals surface area contributed by atoms with Crippen LogP contribution >= 0.6 is 22.7 Å². The van der Waals surface area contributed by atoms with Crippen molar-refractivity contribution >= 4 is 66.4 Å². The van der Waals surface area contributed by atoms with Gasteiger partial charge in [0.05, 0.1) is 49.0 Å². The summed E-state index contributed by atoms with van der Waals surface area (Å²) >= 11 is 2.05. The molecule has 0 aliphatic rings. The molecule has 2 aromatic heterocycles. The highest BCUT2D eigenvalue weighted by Crippen LogP contribution is 2.43. The molecule has 2 N–H and O–H groups in total. The molecule has 47 heavy (non-hydrogen) atoms. The maximum absolute atomic E-state index is 15.7. The van der Waals surface area contributed by atoms with Gasteiger partial charge in [-0.3, -0.25) is 19.2 Å². The van der Waals surface area contributed by atoms with Crippen molar-refractivity contribution in [2.24, 2.45) is 17.3 Å². The first-order valence-corrected chi connectivity index (χ1v) is 16.1. The maximum Gasteiger partial charge on any atom is 0.306 e. The minimum Gasteiger partial charge on any atom is -0.493 e. The van der Waals surface area contributed by atoms with Gasteiger partial charge in [-0.15, -0.1) is 22.7 Å². The van der Waals surface area contributed by atoms with E-state index in [2.05, 4.69) is 0 Å². The molecule has 0 unspecified atom stereocenters. The topological polar surface area (TPSA) is 146 Å². The number of carboxylic acid groups (broad SMARTS) is 2. The Morgan fingerprint density at radius 3 is 1.40 bits per heavy atom.